The van der Waals surface area contributed by atoms with Crippen LogP contribution >= 0.6 is 0 Å². The van der Waals surface area contributed by atoms with Crippen LogP contribution in [-0.4, -0.2) is 4.98 Å². The summed E-state index contributed by atoms with van der Waals surface area (Å²) in [4.78, 5) is 4.65. The van der Waals surface area contributed by atoms with Gasteiger partial charge in [0.05, 0.1) is 5.52 Å². The number of aromatic nitrogens is 1. The Morgan fingerprint density at radius 3 is 1.79 bits per heavy atom. The van der Waals surface area contributed by atoms with Gasteiger partial charge in [-0.05, 0) is 50.0 Å². The smallest absolute Gasteiger partial charge is 0.0780 e. The highest BCUT2D eigenvalue weighted by Gasteiger charge is 2.10. The monoisotopic (exact) mass is 355 g/mol. The van der Waals surface area contributed by atoms with Gasteiger partial charge < -0.3 is 0 Å². The van der Waals surface area contributed by atoms with Gasteiger partial charge in [0.2, 0.25) is 0 Å². The molecule has 6 rings (SSSR count). The molecule has 0 fully saturated rings. The van der Waals surface area contributed by atoms with Crippen molar-refractivity contribution < 1.29 is 0 Å². The second-order valence-corrected chi connectivity index (χ2v) is 7.23. The third-order valence-corrected chi connectivity index (χ3v) is 5.69. The fourth-order valence-corrected chi connectivity index (χ4v) is 4.41. The van der Waals surface area contributed by atoms with Gasteiger partial charge in [0.1, 0.15) is 0 Å². The summed E-state index contributed by atoms with van der Waals surface area (Å²) in [5.41, 5.74) is 3.43. The van der Waals surface area contributed by atoms with Crippen molar-refractivity contribution in [3.05, 3.63) is 103 Å². The van der Waals surface area contributed by atoms with Gasteiger partial charge in [0.25, 0.3) is 0 Å². The molecule has 130 valence electrons. The quantitative estimate of drug-likeness (QED) is 0.281. The summed E-state index contributed by atoms with van der Waals surface area (Å²) in [6.07, 6.45) is 1.87. The Kier molecular flexibility index (Phi) is 3.24. The van der Waals surface area contributed by atoms with Gasteiger partial charge in [-0.25, -0.2) is 0 Å². The second kappa shape index (κ2) is 5.90. The Labute approximate surface area is 162 Å². The molecule has 0 spiro atoms. The molecule has 0 aliphatic rings. The van der Waals surface area contributed by atoms with Crippen LogP contribution in [0.1, 0.15) is 0 Å². The zero-order valence-corrected chi connectivity index (χ0v) is 15.3. The fraction of sp³-hybridized carbons (Fsp3) is 0. The molecule has 0 radical (unpaired) electrons. The van der Waals surface area contributed by atoms with E-state index in [1.807, 2.05) is 12.3 Å². The van der Waals surface area contributed by atoms with Crippen LogP contribution in [-0.2, 0) is 0 Å². The summed E-state index contributed by atoms with van der Waals surface area (Å²) in [5, 5.41) is 8.98. The van der Waals surface area contributed by atoms with Crippen molar-refractivity contribution in [3.63, 3.8) is 0 Å². The standard InChI is InChI=1S/C27H17N/c1-2-11-23-21(9-1)22-10-3-4-12-24(22)26-17-19(14-15-25(23)26)20-13-5-7-18-8-6-16-28-27(18)20/h1-17H. The SMILES string of the molecule is c1cnc2c(-c3ccc4c5ccccc5c5ccccc5c4c3)cccc2c1. The molecule has 0 amide bonds. The molecule has 0 N–H and O–H groups in total. The van der Waals surface area contributed by atoms with E-state index in [1.54, 1.807) is 0 Å². The Bertz CT molecular complexity index is 1470. The number of fused-ring (bicyclic) bond motifs is 7. The van der Waals surface area contributed by atoms with Gasteiger partial charge in [0.15, 0.2) is 0 Å². The van der Waals surface area contributed by atoms with Gasteiger partial charge in [-0.2, -0.15) is 0 Å². The number of hydrogen-bond donors (Lipinski definition) is 0. The topological polar surface area (TPSA) is 12.9 Å². The van der Waals surface area contributed by atoms with Crippen LogP contribution in [0.2, 0.25) is 0 Å². The van der Waals surface area contributed by atoms with E-state index in [1.165, 1.54) is 48.8 Å². The Hall–Kier alpha value is -3.71. The molecule has 0 atom stereocenters. The Morgan fingerprint density at radius 2 is 1.07 bits per heavy atom. The summed E-state index contributed by atoms with van der Waals surface area (Å²) in [7, 11) is 0. The molecule has 1 heteroatoms. The molecular formula is C27H17N. The Morgan fingerprint density at radius 1 is 0.464 bits per heavy atom. The average molecular weight is 355 g/mol. The molecule has 1 heterocycles. The molecule has 0 saturated carbocycles. The first-order valence-electron chi connectivity index (χ1n) is 9.57. The van der Waals surface area contributed by atoms with Gasteiger partial charge in [-0.1, -0.05) is 84.9 Å². The minimum atomic E-state index is 1.05. The molecule has 0 bridgehead atoms. The summed E-state index contributed by atoms with van der Waals surface area (Å²) in [6, 6.07) is 34.7. The molecule has 1 nitrogen and oxygen atoms in total. The van der Waals surface area contributed by atoms with Crippen molar-refractivity contribution >= 4 is 43.2 Å². The van der Waals surface area contributed by atoms with E-state index >= 15 is 0 Å². The van der Waals surface area contributed by atoms with Gasteiger partial charge in [-0.3, -0.25) is 4.98 Å². The van der Waals surface area contributed by atoms with Crippen molar-refractivity contribution in [2.45, 2.75) is 0 Å². The summed E-state index contributed by atoms with van der Waals surface area (Å²) >= 11 is 0. The normalized spacial score (nSPS) is 11.6. The van der Waals surface area contributed by atoms with E-state index in [0.717, 1.165) is 5.52 Å². The largest absolute Gasteiger partial charge is 0.256 e. The van der Waals surface area contributed by atoms with Crippen LogP contribution in [0.15, 0.2) is 103 Å². The van der Waals surface area contributed by atoms with E-state index in [-0.39, 0.29) is 0 Å². The molecule has 6 aromatic rings. The molecular weight excluding hydrogens is 338 g/mol. The molecule has 0 aliphatic carbocycles. The van der Waals surface area contributed by atoms with Crippen LogP contribution < -0.4 is 0 Å². The maximum absolute atomic E-state index is 4.65. The minimum Gasteiger partial charge on any atom is -0.256 e. The molecule has 28 heavy (non-hydrogen) atoms. The van der Waals surface area contributed by atoms with Crippen LogP contribution in [0, 0.1) is 0 Å². The van der Waals surface area contributed by atoms with Crippen molar-refractivity contribution in [1.29, 1.82) is 0 Å². The van der Waals surface area contributed by atoms with Crippen molar-refractivity contribution in [1.82, 2.24) is 4.98 Å². The third-order valence-electron chi connectivity index (χ3n) is 5.69. The fourth-order valence-electron chi connectivity index (χ4n) is 4.41. The van der Waals surface area contributed by atoms with Crippen molar-refractivity contribution in [2.75, 3.05) is 0 Å². The van der Waals surface area contributed by atoms with Crippen LogP contribution in [0.25, 0.3) is 54.3 Å². The number of pyridine rings is 1. The zero-order chi connectivity index (χ0) is 18.5. The van der Waals surface area contributed by atoms with Crippen LogP contribution in [0.4, 0.5) is 0 Å². The Balaban J connectivity index is 1.76. The lowest BCUT2D eigenvalue weighted by Gasteiger charge is -2.12. The van der Waals surface area contributed by atoms with E-state index in [2.05, 4.69) is 96.0 Å². The number of benzene rings is 5. The number of rotatable bonds is 1. The lowest BCUT2D eigenvalue weighted by molar-refractivity contribution is 1.41. The molecule has 5 aromatic carbocycles. The number of hydrogen-bond acceptors (Lipinski definition) is 1. The molecule has 0 saturated heterocycles. The molecule has 0 unspecified atom stereocenters. The predicted octanol–water partition coefficient (Wildman–Crippen LogP) is 7.36. The van der Waals surface area contributed by atoms with E-state index in [4.69, 9.17) is 0 Å². The number of nitrogens with zero attached hydrogens (tertiary/aromatic N) is 1. The third kappa shape index (κ3) is 2.17. The van der Waals surface area contributed by atoms with E-state index in [9.17, 15) is 0 Å². The number of para-hydroxylation sites is 1. The average Bonchev–Trinajstić information content (AvgIpc) is 2.78. The van der Waals surface area contributed by atoms with Crippen molar-refractivity contribution in [3.8, 4) is 11.1 Å². The van der Waals surface area contributed by atoms with Crippen LogP contribution in [0.3, 0.4) is 0 Å². The zero-order valence-electron chi connectivity index (χ0n) is 15.3. The first-order valence-corrected chi connectivity index (χ1v) is 9.57. The highest BCUT2D eigenvalue weighted by molar-refractivity contribution is 6.25. The van der Waals surface area contributed by atoms with E-state index in [0.29, 0.717) is 0 Å². The lowest BCUT2D eigenvalue weighted by atomic mass is 9.91. The maximum atomic E-state index is 4.65. The van der Waals surface area contributed by atoms with Crippen molar-refractivity contribution in [2.24, 2.45) is 0 Å². The predicted molar refractivity (Wildman–Crippen MR) is 120 cm³/mol. The van der Waals surface area contributed by atoms with Crippen LogP contribution in [0.5, 0.6) is 0 Å². The van der Waals surface area contributed by atoms with E-state index < -0.39 is 0 Å². The highest BCUT2D eigenvalue weighted by Crippen LogP contribution is 2.37. The molecule has 0 aliphatic heterocycles. The summed E-state index contributed by atoms with van der Waals surface area (Å²) in [6.45, 7) is 0. The lowest BCUT2D eigenvalue weighted by Crippen LogP contribution is -1.87. The van der Waals surface area contributed by atoms with Gasteiger partial charge in [0, 0.05) is 17.1 Å². The first kappa shape index (κ1) is 15.4. The first-order chi connectivity index (χ1) is 13.9. The van der Waals surface area contributed by atoms with Gasteiger partial charge in [-0.15, -0.1) is 0 Å². The second-order valence-electron chi connectivity index (χ2n) is 7.23. The molecule has 1 aromatic heterocycles. The van der Waals surface area contributed by atoms with Gasteiger partial charge >= 0.3 is 0 Å². The highest BCUT2D eigenvalue weighted by atomic mass is 14.6. The minimum absolute atomic E-state index is 1.05. The maximum Gasteiger partial charge on any atom is 0.0780 e. The summed E-state index contributed by atoms with van der Waals surface area (Å²) < 4.78 is 0. The summed E-state index contributed by atoms with van der Waals surface area (Å²) in [5.74, 6) is 0.